The zero-order valence-corrected chi connectivity index (χ0v) is 13.9. The van der Waals surface area contributed by atoms with Crippen LogP contribution in [0.1, 0.15) is 25.3 Å². The van der Waals surface area contributed by atoms with Gasteiger partial charge in [0, 0.05) is 6.54 Å². The number of aryl methyl sites for hydroxylation is 1. The van der Waals surface area contributed by atoms with Crippen molar-refractivity contribution in [2.24, 2.45) is 5.41 Å². The molecule has 1 heterocycles. The van der Waals surface area contributed by atoms with Crippen LogP contribution in [-0.2, 0) is 10.0 Å². The Labute approximate surface area is 132 Å². The van der Waals surface area contributed by atoms with Gasteiger partial charge >= 0.3 is 0 Å². The molecule has 2 rings (SSSR count). The van der Waals surface area contributed by atoms with E-state index in [1.165, 1.54) is 12.1 Å². The van der Waals surface area contributed by atoms with Crippen molar-refractivity contribution in [3.05, 3.63) is 29.6 Å². The van der Waals surface area contributed by atoms with Gasteiger partial charge in [-0.05, 0) is 56.0 Å². The van der Waals surface area contributed by atoms with Crippen molar-refractivity contribution in [2.75, 3.05) is 19.6 Å². The summed E-state index contributed by atoms with van der Waals surface area (Å²) >= 11 is 0. The van der Waals surface area contributed by atoms with Crippen LogP contribution in [0, 0.1) is 18.2 Å². The fourth-order valence-corrected chi connectivity index (χ4v) is 3.87. The van der Waals surface area contributed by atoms with E-state index in [0.29, 0.717) is 12.1 Å². The topological polar surface area (TPSA) is 58.2 Å². The fourth-order valence-electron chi connectivity index (χ4n) is 2.42. The molecule has 0 radical (unpaired) electrons. The van der Waals surface area contributed by atoms with E-state index in [-0.39, 0.29) is 22.7 Å². The average Bonchev–Trinajstić information content (AvgIpc) is 2.40. The lowest BCUT2D eigenvalue weighted by Crippen LogP contribution is -2.42. The number of sulfonamides is 1. The van der Waals surface area contributed by atoms with Crippen LogP contribution in [0.25, 0.3) is 0 Å². The van der Waals surface area contributed by atoms with Crippen molar-refractivity contribution in [2.45, 2.75) is 31.6 Å². The molecular formula is C14H22ClFN2O2S. The zero-order chi connectivity index (χ0) is 14.8. The summed E-state index contributed by atoms with van der Waals surface area (Å²) in [4.78, 5) is 0.0232. The predicted octanol–water partition coefficient (Wildman–Crippen LogP) is 2.22. The maximum absolute atomic E-state index is 13.2. The van der Waals surface area contributed by atoms with Crippen molar-refractivity contribution in [1.82, 2.24) is 10.0 Å². The zero-order valence-electron chi connectivity index (χ0n) is 12.3. The Hall–Kier alpha value is -0.690. The van der Waals surface area contributed by atoms with E-state index in [9.17, 15) is 12.8 Å². The fraction of sp³-hybridized carbons (Fsp3) is 0.571. The number of nitrogens with one attached hydrogen (secondary N) is 2. The Bertz CT molecular complexity index is 587. The molecule has 0 unspecified atom stereocenters. The van der Waals surface area contributed by atoms with Gasteiger partial charge in [0.25, 0.3) is 0 Å². The third-order valence-corrected chi connectivity index (χ3v) is 5.48. The molecule has 1 aliphatic rings. The Morgan fingerprint density at radius 2 is 1.95 bits per heavy atom. The maximum Gasteiger partial charge on any atom is 0.240 e. The second-order valence-electron chi connectivity index (χ2n) is 5.80. The van der Waals surface area contributed by atoms with E-state index < -0.39 is 15.8 Å². The predicted molar refractivity (Wildman–Crippen MR) is 83.8 cm³/mol. The van der Waals surface area contributed by atoms with Crippen molar-refractivity contribution >= 4 is 22.4 Å². The molecule has 120 valence electrons. The molecule has 1 aromatic carbocycles. The van der Waals surface area contributed by atoms with Gasteiger partial charge in [-0.1, -0.05) is 13.0 Å². The van der Waals surface area contributed by atoms with Gasteiger partial charge in [0.1, 0.15) is 5.82 Å². The van der Waals surface area contributed by atoms with E-state index in [1.54, 1.807) is 6.92 Å². The lowest BCUT2D eigenvalue weighted by Gasteiger charge is -2.34. The number of benzene rings is 1. The third kappa shape index (κ3) is 4.64. The highest BCUT2D eigenvalue weighted by Crippen LogP contribution is 2.27. The molecule has 1 fully saturated rings. The number of rotatable bonds is 4. The molecule has 0 amide bonds. The van der Waals surface area contributed by atoms with E-state index in [2.05, 4.69) is 17.0 Å². The summed E-state index contributed by atoms with van der Waals surface area (Å²) in [6.45, 7) is 5.93. The Kier molecular flexibility index (Phi) is 6.16. The molecule has 1 aromatic rings. The first-order valence-corrected chi connectivity index (χ1v) is 8.27. The Balaban J connectivity index is 0.00000220. The summed E-state index contributed by atoms with van der Waals surface area (Å²) in [5, 5.41) is 3.26. The van der Waals surface area contributed by atoms with Crippen LogP contribution in [0.3, 0.4) is 0 Å². The van der Waals surface area contributed by atoms with E-state index in [0.717, 1.165) is 32.0 Å². The minimum atomic E-state index is -3.66. The van der Waals surface area contributed by atoms with E-state index in [4.69, 9.17) is 0 Å². The molecule has 7 heteroatoms. The number of hydrogen-bond acceptors (Lipinski definition) is 3. The summed E-state index contributed by atoms with van der Waals surface area (Å²) in [6.07, 6.45) is 1.86. The SMILES string of the molecule is Cc1ccc(F)cc1S(=O)(=O)NCC1(C)CCNCC1.Cl. The summed E-state index contributed by atoms with van der Waals surface area (Å²) < 4.78 is 40.5. The lowest BCUT2D eigenvalue weighted by molar-refractivity contribution is 0.232. The number of halogens is 2. The standard InChI is InChI=1S/C14H21FN2O2S.ClH/c1-11-3-4-12(15)9-13(11)20(18,19)17-10-14(2)5-7-16-8-6-14;/h3-4,9,16-17H,5-8,10H2,1-2H3;1H. The molecule has 0 bridgehead atoms. The Morgan fingerprint density at radius 1 is 1.33 bits per heavy atom. The monoisotopic (exact) mass is 336 g/mol. The molecule has 0 aromatic heterocycles. The molecule has 1 saturated heterocycles. The average molecular weight is 337 g/mol. The summed E-state index contributed by atoms with van der Waals surface area (Å²) in [7, 11) is -3.66. The highest BCUT2D eigenvalue weighted by atomic mass is 35.5. The molecule has 0 aliphatic carbocycles. The molecular weight excluding hydrogens is 315 g/mol. The van der Waals surface area contributed by atoms with Crippen LogP contribution in [0.5, 0.6) is 0 Å². The highest BCUT2D eigenvalue weighted by molar-refractivity contribution is 7.89. The van der Waals surface area contributed by atoms with Gasteiger partial charge in [-0.15, -0.1) is 12.4 Å². The van der Waals surface area contributed by atoms with Crippen molar-refractivity contribution < 1.29 is 12.8 Å². The largest absolute Gasteiger partial charge is 0.317 e. The third-order valence-electron chi connectivity index (χ3n) is 3.94. The summed E-state index contributed by atoms with van der Waals surface area (Å²) in [6, 6.07) is 3.82. The molecule has 2 N–H and O–H groups in total. The summed E-state index contributed by atoms with van der Waals surface area (Å²) in [5.74, 6) is -0.538. The van der Waals surface area contributed by atoms with Crippen LogP contribution in [0.2, 0.25) is 0 Å². The molecule has 0 atom stereocenters. The number of hydrogen-bond donors (Lipinski definition) is 2. The Morgan fingerprint density at radius 3 is 2.57 bits per heavy atom. The van der Waals surface area contributed by atoms with Crippen LogP contribution >= 0.6 is 12.4 Å². The smallest absolute Gasteiger partial charge is 0.240 e. The quantitative estimate of drug-likeness (QED) is 0.886. The first-order valence-electron chi connectivity index (χ1n) is 6.79. The van der Waals surface area contributed by atoms with Gasteiger partial charge in [0.05, 0.1) is 4.90 Å². The molecule has 0 saturated carbocycles. The van der Waals surface area contributed by atoms with Gasteiger partial charge in [0.15, 0.2) is 0 Å². The van der Waals surface area contributed by atoms with Crippen LogP contribution < -0.4 is 10.0 Å². The summed E-state index contributed by atoms with van der Waals surface area (Å²) in [5.41, 5.74) is 0.508. The maximum atomic E-state index is 13.2. The second kappa shape index (κ2) is 7.05. The van der Waals surface area contributed by atoms with Gasteiger partial charge in [-0.2, -0.15) is 0 Å². The molecule has 21 heavy (non-hydrogen) atoms. The van der Waals surface area contributed by atoms with Crippen LogP contribution in [0.4, 0.5) is 4.39 Å². The minimum absolute atomic E-state index is 0. The minimum Gasteiger partial charge on any atom is -0.317 e. The van der Waals surface area contributed by atoms with Crippen molar-refractivity contribution in [3.63, 3.8) is 0 Å². The van der Waals surface area contributed by atoms with Gasteiger partial charge in [-0.3, -0.25) is 0 Å². The van der Waals surface area contributed by atoms with E-state index in [1.807, 2.05) is 0 Å². The van der Waals surface area contributed by atoms with Crippen LogP contribution in [0.15, 0.2) is 23.1 Å². The van der Waals surface area contributed by atoms with Gasteiger partial charge < -0.3 is 5.32 Å². The first kappa shape index (κ1) is 18.4. The molecule has 1 aliphatic heterocycles. The first-order chi connectivity index (χ1) is 9.32. The normalized spacial score (nSPS) is 18.0. The van der Waals surface area contributed by atoms with Crippen molar-refractivity contribution in [1.29, 1.82) is 0 Å². The lowest BCUT2D eigenvalue weighted by atomic mass is 9.81. The van der Waals surface area contributed by atoms with Crippen LogP contribution in [-0.4, -0.2) is 28.1 Å². The number of piperidine rings is 1. The van der Waals surface area contributed by atoms with Gasteiger partial charge in [0.2, 0.25) is 10.0 Å². The second-order valence-corrected chi connectivity index (χ2v) is 7.53. The molecule has 4 nitrogen and oxygen atoms in total. The van der Waals surface area contributed by atoms with Gasteiger partial charge in [-0.25, -0.2) is 17.5 Å². The van der Waals surface area contributed by atoms with Crippen molar-refractivity contribution in [3.8, 4) is 0 Å². The highest BCUT2D eigenvalue weighted by Gasteiger charge is 2.29. The van der Waals surface area contributed by atoms with E-state index >= 15 is 0 Å². The molecule has 0 spiro atoms.